The van der Waals surface area contributed by atoms with Gasteiger partial charge in [-0.15, -0.1) is 11.3 Å². The summed E-state index contributed by atoms with van der Waals surface area (Å²) in [6.45, 7) is 1.65. The number of aliphatic hydroxyl groups excluding tert-OH is 1. The standard InChI is InChI=1S/C12H11BrN2O4S/c1-7(16)10-2-8(13)3-11(15(17)18)12(10)19-4-9-5-20-6-14-9/h2-3,5-7,16H,4H2,1H3/t7-/m1/s1. The topological polar surface area (TPSA) is 85.5 Å². The van der Waals surface area contributed by atoms with Gasteiger partial charge >= 0.3 is 5.69 Å². The average molecular weight is 359 g/mol. The number of hydrogen-bond acceptors (Lipinski definition) is 6. The molecule has 2 aromatic rings. The van der Waals surface area contributed by atoms with Crippen molar-refractivity contribution in [1.82, 2.24) is 4.98 Å². The maximum Gasteiger partial charge on any atom is 0.312 e. The molecule has 1 atom stereocenters. The summed E-state index contributed by atoms with van der Waals surface area (Å²) in [6.07, 6.45) is -0.878. The summed E-state index contributed by atoms with van der Waals surface area (Å²) in [4.78, 5) is 14.6. The lowest BCUT2D eigenvalue weighted by atomic mass is 10.1. The number of aromatic nitrogens is 1. The number of aliphatic hydroxyl groups is 1. The molecule has 0 unspecified atom stereocenters. The second-order valence-corrected chi connectivity index (χ2v) is 5.68. The lowest BCUT2D eigenvalue weighted by molar-refractivity contribution is -0.386. The van der Waals surface area contributed by atoms with Crippen LogP contribution in [0.1, 0.15) is 24.3 Å². The summed E-state index contributed by atoms with van der Waals surface area (Å²) in [7, 11) is 0. The molecule has 0 aliphatic heterocycles. The molecule has 8 heteroatoms. The Bertz CT molecular complexity index is 616. The predicted octanol–water partition coefficient (Wildman–Crippen LogP) is 3.45. The van der Waals surface area contributed by atoms with Crippen LogP contribution < -0.4 is 4.74 Å². The monoisotopic (exact) mass is 358 g/mol. The molecule has 0 aliphatic rings. The first-order chi connectivity index (χ1) is 9.49. The van der Waals surface area contributed by atoms with Gasteiger partial charge in [-0.1, -0.05) is 15.9 Å². The molecule has 1 aromatic carbocycles. The van der Waals surface area contributed by atoms with Gasteiger partial charge in [0.1, 0.15) is 6.61 Å². The fourth-order valence-corrected chi connectivity index (χ4v) is 2.66. The molecule has 106 valence electrons. The molecule has 1 heterocycles. The van der Waals surface area contributed by atoms with E-state index in [0.29, 0.717) is 15.7 Å². The summed E-state index contributed by atoms with van der Waals surface area (Å²) in [5, 5.41) is 22.7. The predicted molar refractivity (Wildman–Crippen MR) is 77.9 cm³/mol. The van der Waals surface area contributed by atoms with Crippen LogP contribution in [0.3, 0.4) is 0 Å². The van der Waals surface area contributed by atoms with Crippen LogP contribution in [0.15, 0.2) is 27.5 Å². The van der Waals surface area contributed by atoms with Crippen LogP contribution >= 0.6 is 27.3 Å². The minimum absolute atomic E-state index is 0.0706. The Morgan fingerprint density at radius 2 is 2.35 bits per heavy atom. The quantitative estimate of drug-likeness (QED) is 0.653. The molecular formula is C12H11BrN2O4S. The van der Waals surface area contributed by atoms with Gasteiger partial charge in [0.15, 0.2) is 0 Å². The van der Waals surface area contributed by atoms with Crippen molar-refractivity contribution in [2.24, 2.45) is 0 Å². The van der Waals surface area contributed by atoms with Gasteiger partial charge in [0, 0.05) is 21.5 Å². The van der Waals surface area contributed by atoms with E-state index in [-0.39, 0.29) is 18.0 Å². The van der Waals surface area contributed by atoms with Crippen molar-refractivity contribution in [3.63, 3.8) is 0 Å². The highest BCUT2D eigenvalue weighted by molar-refractivity contribution is 9.10. The molecule has 6 nitrogen and oxygen atoms in total. The normalized spacial score (nSPS) is 12.2. The Kier molecular flexibility index (Phi) is 4.69. The molecular weight excluding hydrogens is 348 g/mol. The van der Waals surface area contributed by atoms with Crippen LogP contribution in [0.2, 0.25) is 0 Å². The van der Waals surface area contributed by atoms with E-state index >= 15 is 0 Å². The van der Waals surface area contributed by atoms with Crippen LogP contribution in [0.25, 0.3) is 0 Å². The highest BCUT2D eigenvalue weighted by Gasteiger charge is 2.23. The molecule has 0 saturated carbocycles. The van der Waals surface area contributed by atoms with E-state index in [1.165, 1.54) is 24.3 Å². The van der Waals surface area contributed by atoms with Crippen LogP contribution in [-0.4, -0.2) is 15.0 Å². The third-order valence-electron chi connectivity index (χ3n) is 2.56. The Hall–Kier alpha value is -1.51. The summed E-state index contributed by atoms with van der Waals surface area (Å²) in [6, 6.07) is 2.95. The van der Waals surface area contributed by atoms with E-state index in [1.54, 1.807) is 17.0 Å². The Morgan fingerprint density at radius 1 is 1.60 bits per heavy atom. The fraction of sp³-hybridized carbons (Fsp3) is 0.250. The van der Waals surface area contributed by atoms with Crippen molar-refractivity contribution in [1.29, 1.82) is 0 Å². The third kappa shape index (κ3) is 3.33. The smallest absolute Gasteiger partial charge is 0.312 e. The van der Waals surface area contributed by atoms with Crippen molar-refractivity contribution < 1.29 is 14.8 Å². The number of rotatable bonds is 5. The molecule has 1 N–H and O–H groups in total. The molecule has 0 bridgehead atoms. The lowest BCUT2D eigenvalue weighted by Crippen LogP contribution is -2.04. The first-order valence-corrected chi connectivity index (χ1v) is 7.38. The minimum atomic E-state index is -0.878. The van der Waals surface area contributed by atoms with Gasteiger partial charge in [-0.3, -0.25) is 10.1 Å². The zero-order valence-corrected chi connectivity index (χ0v) is 12.8. The largest absolute Gasteiger partial charge is 0.480 e. The second-order valence-electron chi connectivity index (χ2n) is 4.04. The highest BCUT2D eigenvalue weighted by atomic mass is 79.9. The molecule has 0 saturated heterocycles. The van der Waals surface area contributed by atoms with Gasteiger partial charge in [0.05, 0.1) is 22.2 Å². The third-order valence-corrected chi connectivity index (χ3v) is 3.65. The van der Waals surface area contributed by atoms with Gasteiger partial charge in [0.2, 0.25) is 5.75 Å². The first-order valence-electron chi connectivity index (χ1n) is 5.64. The summed E-state index contributed by atoms with van der Waals surface area (Å²) in [5.74, 6) is 0.0706. The van der Waals surface area contributed by atoms with Gasteiger partial charge in [0.25, 0.3) is 0 Å². The molecule has 0 radical (unpaired) electrons. The van der Waals surface area contributed by atoms with E-state index in [2.05, 4.69) is 20.9 Å². The number of nitro groups is 1. The summed E-state index contributed by atoms with van der Waals surface area (Å²) >= 11 is 4.61. The molecule has 1 aromatic heterocycles. The van der Waals surface area contributed by atoms with E-state index in [9.17, 15) is 15.2 Å². The van der Waals surface area contributed by atoms with Crippen molar-refractivity contribution in [2.75, 3.05) is 0 Å². The number of benzene rings is 1. The maximum absolute atomic E-state index is 11.1. The maximum atomic E-state index is 11.1. The van der Waals surface area contributed by atoms with Crippen LogP contribution in [-0.2, 0) is 6.61 Å². The summed E-state index contributed by atoms with van der Waals surface area (Å²) in [5.41, 5.74) is 2.51. The van der Waals surface area contributed by atoms with E-state index in [0.717, 1.165) is 0 Å². The first kappa shape index (κ1) is 14.9. The van der Waals surface area contributed by atoms with E-state index in [4.69, 9.17) is 4.74 Å². The van der Waals surface area contributed by atoms with E-state index < -0.39 is 11.0 Å². The van der Waals surface area contributed by atoms with E-state index in [1.807, 2.05) is 0 Å². The van der Waals surface area contributed by atoms with Crippen molar-refractivity contribution in [3.8, 4) is 5.75 Å². The average Bonchev–Trinajstić information content (AvgIpc) is 2.89. The summed E-state index contributed by atoms with van der Waals surface area (Å²) < 4.78 is 6.03. The number of halogens is 1. The minimum Gasteiger partial charge on any atom is -0.480 e. The molecule has 20 heavy (non-hydrogen) atoms. The zero-order chi connectivity index (χ0) is 14.7. The number of thiazole rings is 1. The molecule has 0 amide bonds. The zero-order valence-electron chi connectivity index (χ0n) is 10.4. The lowest BCUT2D eigenvalue weighted by Gasteiger charge is -2.13. The SMILES string of the molecule is C[C@@H](O)c1cc(Br)cc([N+](=O)[O-])c1OCc1cscn1. The highest BCUT2D eigenvalue weighted by Crippen LogP contribution is 2.38. The van der Waals surface area contributed by atoms with Gasteiger partial charge in [-0.2, -0.15) is 0 Å². The Morgan fingerprint density at radius 3 is 2.90 bits per heavy atom. The number of nitrogens with zero attached hydrogens (tertiary/aromatic N) is 2. The molecule has 0 aliphatic carbocycles. The van der Waals surface area contributed by atoms with Gasteiger partial charge < -0.3 is 9.84 Å². The molecule has 2 rings (SSSR count). The Labute approximate surface area is 127 Å². The second kappa shape index (κ2) is 6.29. The van der Waals surface area contributed by atoms with Crippen LogP contribution in [0.5, 0.6) is 5.75 Å². The molecule has 0 spiro atoms. The van der Waals surface area contributed by atoms with Crippen LogP contribution in [0, 0.1) is 10.1 Å². The van der Waals surface area contributed by atoms with Gasteiger partial charge in [-0.05, 0) is 13.0 Å². The number of ether oxygens (including phenoxy) is 1. The van der Waals surface area contributed by atoms with Crippen molar-refractivity contribution in [3.05, 3.63) is 48.9 Å². The Balaban J connectivity index is 2.39. The fourth-order valence-electron chi connectivity index (χ4n) is 1.66. The number of hydrogen-bond donors (Lipinski definition) is 1. The van der Waals surface area contributed by atoms with Crippen molar-refractivity contribution >= 4 is 33.0 Å². The number of nitro benzene ring substituents is 1. The van der Waals surface area contributed by atoms with Crippen LogP contribution in [0.4, 0.5) is 5.69 Å². The molecule has 0 fully saturated rings. The van der Waals surface area contributed by atoms with Crippen molar-refractivity contribution in [2.45, 2.75) is 19.6 Å². The van der Waals surface area contributed by atoms with Gasteiger partial charge in [-0.25, -0.2) is 4.98 Å².